The Morgan fingerprint density at radius 2 is 1.85 bits per heavy atom. The molecule has 34 heavy (non-hydrogen) atoms. The Hall–Kier alpha value is -3.77. The predicted octanol–water partition coefficient (Wildman–Crippen LogP) is 2.87. The van der Waals surface area contributed by atoms with Gasteiger partial charge in [-0.05, 0) is 30.2 Å². The maximum atomic E-state index is 12.9. The second kappa shape index (κ2) is 11.9. The third kappa shape index (κ3) is 5.97. The summed E-state index contributed by atoms with van der Waals surface area (Å²) in [6.45, 7) is 2.73. The first-order valence-corrected chi connectivity index (χ1v) is 11.7. The summed E-state index contributed by atoms with van der Waals surface area (Å²) in [6.07, 6.45) is 0. The van der Waals surface area contributed by atoms with Crippen LogP contribution in [-0.4, -0.2) is 37.3 Å². The number of allylic oxidation sites excluding steroid dienone is 1. The highest BCUT2D eigenvalue weighted by molar-refractivity contribution is 8.03. The zero-order valence-corrected chi connectivity index (χ0v) is 19.7. The van der Waals surface area contributed by atoms with Crippen molar-refractivity contribution in [3.8, 4) is 11.8 Å². The highest BCUT2D eigenvalue weighted by atomic mass is 32.2. The summed E-state index contributed by atoms with van der Waals surface area (Å²) in [6, 6.07) is 18.5. The van der Waals surface area contributed by atoms with E-state index in [0.29, 0.717) is 24.5 Å². The lowest BCUT2D eigenvalue weighted by Gasteiger charge is -2.31. The molecule has 9 heteroatoms. The molecule has 0 spiro atoms. The number of thioether (sulfide) groups is 1. The Labute approximate surface area is 202 Å². The number of carbonyl (C=O) groups is 3. The Morgan fingerprint density at radius 3 is 2.47 bits per heavy atom. The fourth-order valence-electron chi connectivity index (χ4n) is 3.60. The summed E-state index contributed by atoms with van der Waals surface area (Å²) in [4.78, 5) is 37.7. The van der Waals surface area contributed by atoms with Crippen LogP contribution in [0.3, 0.4) is 0 Å². The maximum absolute atomic E-state index is 12.9. The summed E-state index contributed by atoms with van der Waals surface area (Å²) >= 11 is 1.04. The number of carbonyl (C=O) groups excluding carboxylic acids is 3. The normalized spacial score (nSPS) is 17.4. The van der Waals surface area contributed by atoms with Crippen LogP contribution in [0.15, 0.2) is 65.2 Å². The van der Waals surface area contributed by atoms with Gasteiger partial charge in [0.05, 0.1) is 36.1 Å². The molecule has 2 atom stereocenters. The van der Waals surface area contributed by atoms with Crippen LogP contribution in [0.5, 0.6) is 5.75 Å². The quantitative estimate of drug-likeness (QED) is 0.419. The Morgan fingerprint density at radius 1 is 1.15 bits per heavy atom. The van der Waals surface area contributed by atoms with E-state index in [1.807, 2.05) is 37.3 Å². The minimum atomic E-state index is -1.23. The first-order valence-electron chi connectivity index (χ1n) is 10.7. The summed E-state index contributed by atoms with van der Waals surface area (Å²) in [5.74, 6) is -3.03. The molecule has 0 radical (unpaired) electrons. The summed E-state index contributed by atoms with van der Waals surface area (Å²) in [5, 5.41) is 15.6. The van der Waals surface area contributed by atoms with Crippen LogP contribution in [0.4, 0.5) is 0 Å². The number of nitrogens with one attached hydrogen (secondary N) is 2. The first kappa shape index (κ1) is 24.9. The van der Waals surface area contributed by atoms with E-state index in [1.54, 1.807) is 24.3 Å². The van der Waals surface area contributed by atoms with Gasteiger partial charge in [-0.25, -0.2) is 0 Å². The molecule has 8 nitrogen and oxygen atoms in total. The van der Waals surface area contributed by atoms with E-state index < -0.39 is 23.7 Å². The lowest BCUT2D eigenvalue weighted by Crippen LogP contribution is -2.44. The summed E-state index contributed by atoms with van der Waals surface area (Å²) in [5.41, 5.74) is 1.75. The van der Waals surface area contributed by atoms with E-state index in [2.05, 4.69) is 16.7 Å². The van der Waals surface area contributed by atoms with E-state index in [1.165, 1.54) is 7.11 Å². The van der Waals surface area contributed by atoms with E-state index in [9.17, 15) is 19.6 Å². The van der Waals surface area contributed by atoms with Crippen molar-refractivity contribution in [1.29, 1.82) is 5.26 Å². The largest absolute Gasteiger partial charge is 0.494 e. The van der Waals surface area contributed by atoms with Crippen LogP contribution in [-0.2, 0) is 25.7 Å². The lowest BCUT2D eigenvalue weighted by molar-refractivity contribution is -0.150. The van der Waals surface area contributed by atoms with Gasteiger partial charge in [0, 0.05) is 12.5 Å². The molecule has 3 rings (SSSR count). The second-order valence-corrected chi connectivity index (χ2v) is 8.36. The summed E-state index contributed by atoms with van der Waals surface area (Å²) < 4.78 is 10.3. The van der Waals surface area contributed by atoms with Gasteiger partial charge in [-0.1, -0.05) is 54.2 Å². The molecule has 0 unspecified atom stereocenters. The van der Waals surface area contributed by atoms with Crippen molar-refractivity contribution < 1.29 is 23.9 Å². The lowest BCUT2D eigenvalue weighted by atomic mass is 9.78. The van der Waals surface area contributed by atoms with Gasteiger partial charge in [-0.15, -0.1) is 0 Å². The van der Waals surface area contributed by atoms with Gasteiger partial charge in [0.25, 0.3) is 0 Å². The number of benzene rings is 2. The third-order valence-electron chi connectivity index (χ3n) is 5.21. The zero-order chi connectivity index (χ0) is 24.5. The number of hydrogen-bond acceptors (Lipinski definition) is 7. The van der Waals surface area contributed by atoms with Crippen LogP contribution in [0.2, 0.25) is 0 Å². The summed E-state index contributed by atoms with van der Waals surface area (Å²) in [7, 11) is 1.20. The number of hydrogen-bond donors (Lipinski definition) is 2. The van der Waals surface area contributed by atoms with Crippen molar-refractivity contribution in [3.63, 3.8) is 0 Å². The van der Waals surface area contributed by atoms with Gasteiger partial charge in [-0.2, -0.15) is 5.26 Å². The van der Waals surface area contributed by atoms with Gasteiger partial charge < -0.3 is 20.1 Å². The first-order chi connectivity index (χ1) is 16.5. The standard InChI is InChI=1S/C25H25N3O5S/c1-3-33-18-11-9-17(10-12-18)21-19(13-26)24(28-23(30)22(21)25(31)32-2)34-15-20(29)27-14-16-7-5-4-6-8-16/h4-12,21-22H,3,14-15H2,1-2H3,(H,27,29)(H,28,30)/t21-,22-/m1/s1. The van der Waals surface area contributed by atoms with E-state index in [0.717, 1.165) is 17.3 Å². The van der Waals surface area contributed by atoms with Crippen molar-refractivity contribution in [2.24, 2.45) is 5.92 Å². The molecule has 0 saturated carbocycles. The Balaban J connectivity index is 1.83. The predicted molar refractivity (Wildman–Crippen MR) is 127 cm³/mol. The van der Waals surface area contributed by atoms with Crippen LogP contribution >= 0.6 is 11.8 Å². The van der Waals surface area contributed by atoms with Crippen molar-refractivity contribution >= 4 is 29.5 Å². The van der Waals surface area contributed by atoms with Crippen molar-refractivity contribution in [2.75, 3.05) is 19.5 Å². The third-order valence-corrected chi connectivity index (χ3v) is 6.23. The SMILES string of the molecule is CCOc1ccc([C@@H]2C(C#N)=C(SCC(=O)NCc3ccccc3)NC(=O)[C@@H]2C(=O)OC)cc1. The maximum Gasteiger partial charge on any atom is 0.319 e. The highest BCUT2D eigenvalue weighted by Crippen LogP contribution is 2.40. The molecule has 0 bridgehead atoms. The van der Waals surface area contributed by atoms with Crippen LogP contribution < -0.4 is 15.4 Å². The smallest absolute Gasteiger partial charge is 0.319 e. The highest BCUT2D eigenvalue weighted by Gasteiger charge is 2.44. The molecule has 1 aliphatic rings. The molecule has 2 aromatic rings. The van der Waals surface area contributed by atoms with Gasteiger partial charge in [0.1, 0.15) is 11.7 Å². The Bertz CT molecular complexity index is 1110. The molecule has 2 aromatic carbocycles. The van der Waals surface area contributed by atoms with E-state index >= 15 is 0 Å². The molecule has 1 aliphatic heterocycles. The van der Waals surface area contributed by atoms with Gasteiger partial charge in [-0.3, -0.25) is 14.4 Å². The van der Waals surface area contributed by atoms with Gasteiger partial charge >= 0.3 is 5.97 Å². The topological polar surface area (TPSA) is 118 Å². The average molecular weight is 480 g/mol. The number of nitriles is 1. The number of nitrogens with zero attached hydrogens (tertiary/aromatic N) is 1. The molecular formula is C25H25N3O5S. The number of methoxy groups -OCH3 is 1. The van der Waals surface area contributed by atoms with Crippen molar-refractivity contribution in [3.05, 3.63) is 76.3 Å². The molecule has 1 heterocycles. The van der Waals surface area contributed by atoms with E-state index in [4.69, 9.17) is 9.47 Å². The number of rotatable bonds is 9. The number of amides is 2. The zero-order valence-electron chi connectivity index (χ0n) is 18.9. The average Bonchev–Trinajstić information content (AvgIpc) is 2.86. The molecule has 2 N–H and O–H groups in total. The minimum Gasteiger partial charge on any atom is -0.494 e. The van der Waals surface area contributed by atoms with Gasteiger partial charge in [0.2, 0.25) is 11.8 Å². The van der Waals surface area contributed by atoms with Crippen molar-refractivity contribution in [1.82, 2.24) is 10.6 Å². The fourth-order valence-corrected chi connectivity index (χ4v) is 4.48. The monoisotopic (exact) mass is 479 g/mol. The molecule has 0 saturated heterocycles. The second-order valence-electron chi connectivity index (χ2n) is 7.38. The molecule has 0 aliphatic carbocycles. The minimum absolute atomic E-state index is 0.00742. The molecule has 0 fully saturated rings. The number of esters is 1. The van der Waals surface area contributed by atoms with Crippen molar-refractivity contribution in [2.45, 2.75) is 19.4 Å². The molecule has 0 aromatic heterocycles. The van der Waals surface area contributed by atoms with E-state index in [-0.39, 0.29) is 22.3 Å². The fraction of sp³-hybridized carbons (Fsp3) is 0.280. The van der Waals surface area contributed by atoms with Gasteiger partial charge in [0.15, 0.2) is 0 Å². The molecule has 176 valence electrons. The number of ether oxygens (including phenoxy) is 2. The molecular weight excluding hydrogens is 454 g/mol. The van der Waals surface area contributed by atoms with Crippen LogP contribution in [0.25, 0.3) is 0 Å². The van der Waals surface area contributed by atoms with Crippen LogP contribution in [0, 0.1) is 17.2 Å². The molecule has 2 amide bonds. The Kier molecular flexibility index (Phi) is 8.71. The van der Waals surface area contributed by atoms with Crippen LogP contribution in [0.1, 0.15) is 24.0 Å².